The first kappa shape index (κ1) is 14.2. The molecule has 20 heavy (non-hydrogen) atoms. The highest BCUT2D eigenvalue weighted by Crippen LogP contribution is 2.30. The van der Waals surface area contributed by atoms with Crippen LogP contribution in [-0.4, -0.2) is 30.5 Å². The molecule has 0 aliphatic carbocycles. The maximum atomic E-state index is 9.20. The van der Waals surface area contributed by atoms with Gasteiger partial charge in [-0.3, -0.25) is 0 Å². The maximum absolute atomic E-state index is 9.20. The van der Waals surface area contributed by atoms with E-state index in [1.807, 2.05) is 49.5 Å². The van der Waals surface area contributed by atoms with Crippen molar-refractivity contribution in [2.75, 3.05) is 31.0 Å². The van der Waals surface area contributed by atoms with Crippen molar-refractivity contribution in [2.45, 2.75) is 5.03 Å². The first-order valence-corrected chi connectivity index (χ1v) is 7.19. The SMILES string of the molecule is CSc1nnc(-c2ccc(N(C)C)cc2)c(N)c1C#N. The average molecular weight is 285 g/mol. The third kappa shape index (κ3) is 2.53. The number of anilines is 2. The van der Waals surface area contributed by atoms with Crippen molar-refractivity contribution >= 4 is 23.1 Å². The van der Waals surface area contributed by atoms with Crippen LogP contribution in [0, 0.1) is 11.3 Å². The minimum absolute atomic E-state index is 0.379. The molecule has 2 aromatic rings. The van der Waals surface area contributed by atoms with Gasteiger partial charge >= 0.3 is 0 Å². The molecule has 0 fully saturated rings. The van der Waals surface area contributed by atoms with E-state index in [0.717, 1.165) is 11.3 Å². The van der Waals surface area contributed by atoms with Gasteiger partial charge in [-0.05, 0) is 18.4 Å². The molecule has 1 aromatic heterocycles. The molecule has 1 heterocycles. The number of thioether (sulfide) groups is 1. The van der Waals surface area contributed by atoms with Crippen molar-refractivity contribution in [2.24, 2.45) is 0 Å². The molecular weight excluding hydrogens is 270 g/mol. The number of rotatable bonds is 3. The molecule has 0 aliphatic heterocycles. The number of hydrogen-bond acceptors (Lipinski definition) is 6. The van der Waals surface area contributed by atoms with Gasteiger partial charge in [0, 0.05) is 25.3 Å². The zero-order valence-electron chi connectivity index (χ0n) is 11.6. The number of nitrogen functional groups attached to an aromatic ring is 1. The van der Waals surface area contributed by atoms with Crippen LogP contribution < -0.4 is 10.6 Å². The van der Waals surface area contributed by atoms with Crippen molar-refractivity contribution in [1.82, 2.24) is 10.2 Å². The molecule has 0 atom stereocenters. The fourth-order valence-electron chi connectivity index (χ4n) is 1.81. The Labute approximate surface area is 122 Å². The standard InChI is InChI=1S/C14H15N5S/c1-19(2)10-6-4-9(5-7-10)13-12(16)11(8-15)14(20-3)18-17-13/h4-7H,1-3H3,(H2,16,18). The average Bonchev–Trinajstić information content (AvgIpc) is 2.47. The molecule has 0 unspecified atom stereocenters. The third-order valence-electron chi connectivity index (χ3n) is 2.94. The van der Waals surface area contributed by atoms with E-state index in [-0.39, 0.29) is 0 Å². The van der Waals surface area contributed by atoms with Gasteiger partial charge in [-0.1, -0.05) is 12.1 Å². The van der Waals surface area contributed by atoms with Crippen molar-refractivity contribution in [3.05, 3.63) is 29.8 Å². The van der Waals surface area contributed by atoms with E-state index >= 15 is 0 Å². The fourth-order valence-corrected chi connectivity index (χ4v) is 2.30. The summed E-state index contributed by atoms with van der Waals surface area (Å²) in [6.07, 6.45) is 1.84. The van der Waals surface area contributed by atoms with Crippen LogP contribution in [0.3, 0.4) is 0 Å². The normalized spacial score (nSPS) is 10.1. The van der Waals surface area contributed by atoms with Crippen LogP contribution in [0.2, 0.25) is 0 Å². The van der Waals surface area contributed by atoms with Crippen LogP contribution in [0.25, 0.3) is 11.3 Å². The molecule has 1 aromatic carbocycles. The lowest BCUT2D eigenvalue weighted by atomic mass is 10.1. The van der Waals surface area contributed by atoms with E-state index in [1.54, 1.807) is 0 Å². The number of benzene rings is 1. The molecule has 5 nitrogen and oxygen atoms in total. The Hall–Kier alpha value is -2.26. The van der Waals surface area contributed by atoms with E-state index in [9.17, 15) is 5.26 Å². The second-order valence-electron chi connectivity index (χ2n) is 4.40. The number of nitrogens with two attached hydrogens (primary N) is 1. The molecule has 0 saturated heterocycles. The lowest BCUT2D eigenvalue weighted by molar-refractivity contribution is 0.931. The Balaban J connectivity index is 2.51. The minimum Gasteiger partial charge on any atom is -0.396 e. The van der Waals surface area contributed by atoms with Gasteiger partial charge in [-0.25, -0.2) is 0 Å². The number of aromatic nitrogens is 2. The van der Waals surface area contributed by atoms with E-state index < -0.39 is 0 Å². The zero-order chi connectivity index (χ0) is 14.7. The number of hydrogen-bond donors (Lipinski definition) is 1. The molecule has 0 spiro atoms. The van der Waals surface area contributed by atoms with Crippen molar-refractivity contribution in [3.8, 4) is 17.3 Å². The lowest BCUT2D eigenvalue weighted by Crippen LogP contribution is -2.08. The van der Waals surface area contributed by atoms with Gasteiger partial charge < -0.3 is 10.6 Å². The van der Waals surface area contributed by atoms with Crippen LogP contribution in [0.4, 0.5) is 11.4 Å². The molecular formula is C14H15N5S. The third-order valence-corrected chi connectivity index (χ3v) is 3.61. The van der Waals surface area contributed by atoms with Gasteiger partial charge in [-0.2, -0.15) is 5.26 Å². The van der Waals surface area contributed by atoms with Gasteiger partial charge in [0.2, 0.25) is 0 Å². The lowest BCUT2D eigenvalue weighted by Gasteiger charge is -2.13. The Kier molecular flexibility index (Phi) is 4.11. The molecule has 102 valence electrons. The Morgan fingerprint density at radius 1 is 1.20 bits per heavy atom. The molecule has 6 heteroatoms. The largest absolute Gasteiger partial charge is 0.396 e. The zero-order valence-corrected chi connectivity index (χ0v) is 12.4. The molecule has 2 N–H and O–H groups in total. The topological polar surface area (TPSA) is 78.8 Å². The molecule has 2 rings (SSSR count). The van der Waals surface area contributed by atoms with Crippen LogP contribution in [0.15, 0.2) is 29.3 Å². The van der Waals surface area contributed by atoms with E-state index in [0.29, 0.717) is 22.0 Å². The second kappa shape index (κ2) is 5.80. The monoisotopic (exact) mass is 285 g/mol. The van der Waals surface area contributed by atoms with Crippen molar-refractivity contribution in [1.29, 1.82) is 5.26 Å². The molecule has 0 radical (unpaired) electrons. The summed E-state index contributed by atoms with van der Waals surface area (Å²) in [5.41, 5.74) is 9.30. The van der Waals surface area contributed by atoms with Crippen LogP contribution in [0.1, 0.15) is 5.56 Å². The van der Waals surface area contributed by atoms with Crippen LogP contribution in [0.5, 0.6) is 0 Å². The molecule has 0 aliphatic rings. The highest BCUT2D eigenvalue weighted by Gasteiger charge is 2.14. The van der Waals surface area contributed by atoms with Crippen molar-refractivity contribution in [3.63, 3.8) is 0 Å². The first-order chi connectivity index (χ1) is 9.58. The summed E-state index contributed by atoms with van der Waals surface area (Å²) >= 11 is 1.36. The van der Waals surface area contributed by atoms with Gasteiger partial charge in [-0.15, -0.1) is 22.0 Å². The van der Waals surface area contributed by atoms with Crippen LogP contribution in [-0.2, 0) is 0 Å². The second-order valence-corrected chi connectivity index (χ2v) is 5.19. The van der Waals surface area contributed by atoms with E-state index in [4.69, 9.17) is 5.73 Å². The summed E-state index contributed by atoms with van der Waals surface area (Å²) in [7, 11) is 3.95. The molecule has 0 bridgehead atoms. The van der Waals surface area contributed by atoms with E-state index in [1.165, 1.54) is 11.8 Å². The predicted molar refractivity (Wildman–Crippen MR) is 82.7 cm³/mol. The Morgan fingerprint density at radius 2 is 1.85 bits per heavy atom. The molecule has 0 saturated carbocycles. The maximum Gasteiger partial charge on any atom is 0.138 e. The Bertz CT molecular complexity index is 658. The summed E-state index contributed by atoms with van der Waals surface area (Å²) in [4.78, 5) is 2.01. The predicted octanol–water partition coefficient (Wildman–Crippen LogP) is 2.39. The summed E-state index contributed by atoms with van der Waals surface area (Å²) in [6, 6.07) is 9.90. The molecule has 0 amide bonds. The number of nitrogens with zero attached hydrogens (tertiary/aromatic N) is 4. The summed E-state index contributed by atoms with van der Waals surface area (Å²) < 4.78 is 0. The van der Waals surface area contributed by atoms with Gasteiger partial charge in [0.25, 0.3) is 0 Å². The highest BCUT2D eigenvalue weighted by molar-refractivity contribution is 7.98. The minimum atomic E-state index is 0.379. The fraction of sp³-hybridized carbons (Fsp3) is 0.214. The summed E-state index contributed by atoms with van der Waals surface area (Å²) in [5, 5.41) is 18.0. The Morgan fingerprint density at radius 3 is 2.35 bits per heavy atom. The quantitative estimate of drug-likeness (QED) is 0.872. The van der Waals surface area contributed by atoms with Crippen molar-refractivity contribution < 1.29 is 0 Å². The van der Waals surface area contributed by atoms with E-state index in [2.05, 4.69) is 16.3 Å². The van der Waals surface area contributed by atoms with Crippen LogP contribution >= 0.6 is 11.8 Å². The van der Waals surface area contributed by atoms with Gasteiger partial charge in [0.15, 0.2) is 0 Å². The first-order valence-electron chi connectivity index (χ1n) is 5.96. The summed E-state index contributed by atoms with van der Waals surface area (Å²) in [6.45, 7) is 0. The highest BCUT2D eigenvalue weighted by atomic mass is 32.2. The summed E-state index contributed by atoms with van der Waals surface area (Å²) in [5.74, 6) is 0. The van der Waals surface area contributed by atoms with Gasteiger partial charge in [0.05, 0.1) is 5.69 Å². The smallest absolute Gasteiger partial charge is 0.138 e. The number of nitriles is 1. The van der Waals surface area contributed by atoms with Gasteiger partial charge in [0.1, 0.15) is 22.4 Å².